The van der Waals surface area contributed by atoms with Crippen molar-refractivity contribution in [1.29, 1.82) is 0 Å². The van der Waals surface area contributed by atoms with Crippen molar-refractivity contribution in [2.75, 3.05) is 6.61 Å². The van der Waals surface area contributed by atoms with Gasteiger partial charge >= 0.3 is 0 Å². The van der Waals surface area contributed by atoms with Crippen molar-refractivity contribution in [1.82, 2.24) is 0 Å². The van der Waals surface area contributed by atoms with Gasteiger partial charge in [0.15, 0.2) is 9.04 Å². The van der Waals surface area contributed by atoms with E-state index in [9.17, 15) is 0 Å². The second kappa shape index (κ2) is 6.55. The molecule has 1 nitrogen and oxygen atoms in total. The van der Waals surface area contributed by atoms with Crippen LogP contribution in [-0.4, -0.2) is 15.6 Å². The molecule has 2 rings (SSSR count). The average molecular weight is 286 g/mol. The summed E-state index contributed by atoms with van der Waals surface area (Å²) in [5, 5.41) is 0. The van der Waals surface area contributed by atoms with Gasteiger partial charge in [0.25, 0.3) is 0 Å². The predicted molar refractivity (Wildman–Crippen MR) is 89.7 cm³/mol. The molecule has 1 aliphatic carbocycles. The second-order valence-electron chi connectivity index (χ2n) is 6.06. The Morgan fingerprint density at radius 1 is 1.20 bits per heavy atom. The van der Waals surface area contributed by atoms with Crippen LogP contribution >= 0.6 is 0 Å². The van der Waals surface area contributed by atoms with Gasteiger partial charge in [0.1, 0.15) is 0 Å². The van der Waals surface area contributed by atoms with Crippen molar-refractivity contribution in [3.8, 4) is 0 Å². The van der Waals surface area contributed by atoms with E-state index in [0.717, 1.165) is 13.0 Å². The number of aryl methyl sites for hydroxylation is 1. The Balaban J connectivity index is 2.32. The molecule has 0 saturated carbocycles. The Hall–Kier alpha value is -1.12. The third-order valence-electron chi connectivity index (χ3n) is 4.33. The molecule has 0 heterocycles. The highest BCUT2D eigenvalue weighted by Gasteiger charge is 2.36. The largest absolute Gasteiger partial charge is 0.421 e. The first-order valence-electron chi connectivity index (χ1n) is 7.60. The van der Waals surface area contributed by atoms with Gasteiger partial charge in [-0.15, -0.1) is 0 Å². The fourth-order valence-corrected chi connectivity index (χ4v) is 3.71. The number of rotatable bonds is 5. The first kappa shape index (κ1) is 15.3. The molecule has 2 heteroatoms. The van der Waals surface area contributed by atoms with Gasteiger partial charge in [-0.1, -0.05) is 55.5 Å². The first-order valence-corrected chi connectivity index (χ1v) is 10.4. The highest BCUT2D eigenvalue weighted by molar-refractivity contribution is 6.48. The minimum atomic E-state index is -0.942. The Kier molecular flexibility index (Phi) is 5.00. The fraction of sp³-hybridized carbons (Fsp3) is 0.444. The summed E-state index contributed by atoms with van der Waals surface area (Å²) in [5.41, 5.74) is 2.91. The first-order chi connectivity index (χ1) is 9.56. The van der Waals surface area contributed by atoms with Crippen molar-refractivity contribution in [3.05, 3.63) is 59.7 Å². The highest BCUT2D eigenvalue weighted by atomic mass is 28.3. The van der Waals surface area contributed by atoms with Gasteiger partial charge in [0.2, 0.25) is 0 Å². The molecule has 20 heavy (non-hydrogen) atoms. The lowest BCUT2D eigenvalue weighted by Crippen LogP contribution is -2.34. The van der Waals surface area contributed by atoms with Crippen LogP contribution in [0.2, 0.25) is 13.1 Å². The lowest BCUT2D eigenvalue weighted by molar-refractivity contribution is 0.258. The Labute approximate surface area is 125 Å². The molecule has 1 aromatic rings. The summed E-state index contributed by atoms with van der Waals surface area (Å²) in [5.74, 6) is 0.506. The average Bonchev–Trinajstić information content (AvgIpc) is 2.41. The SMILES string of the molecule is Cc1ccccc1C1(CCO[SiH](C)C)C=CC=CC1C. The standard InChI is InChI=1S/C18H26OSi/c1-15-9-5-6-11-17(15)18(13-14-19-20(3)4)12-8-7-10-16(18)2/h5-12,16,20H,13-14H2,1-4H3. The second-order valence-corrected chi connectivity index (χ2v) is 8.49. The molecule has 1 aromatic carbocycles. The van der Waals surface area contributed by atoms with Crippen molar-refractivity contribution >= 4 is 9.04 Å². The number of benzene rings is 1. The minimum absolute atomic E-state index is 0.0867. The van der Waals surface area contributed by atoms with E-state index in [-0.39, 0.29) is 5.41 Å². The molecule has 0 amide bonds. The molecule has 2 unspecified atom stereocenters. The van der Waals surface area contributed by atoms with E-state index < -0.39 is 9.04 Å². The maximum absolute atomic E-state index is 5.96. The summed E-state index contributed by atoms with van der Waals surface area (Å²) >= 11 is 0. The van der Waals surface area contributed by atoms with Crippen LogP contribution in [0.4, 0.5) is 0 Å². The van der Waals surface area contributed by atoms with E-state index in [2.05, 4.69) is 75.5 Å². The van der Waals surface area contributed by atoms with Gasteiger partial charge in [-0.05, 0) is 43.5 Å². The maximum Gasteiger partial charge on any atom is 0.170 e. The van der Waals surface area contributed by atoms with E-state index in [4.69, 9.17) is 4.43 Å². The summed E-state index contributed by atoms with van der Waals surface area (Å²) in [7, 11) is -0.942. The third-order valence-corrected chi connectivity index (χ3v) is 5.23. The van der Waals surface area contributed by atoms with Crippen molar-refractivity contribution in [2.45, 2.75) is 38.8 Å². The van der Waals surface area contributed by atoms with Gasteiger partial charge in [0.05, 0.1) is 0 Å². The molecule has 2 atom stereocenters. The van der Waals surface area contributed by atoms with Crippen molar-refractivity contribution in [2.24, 2.45) is 5.92 Å². The molecule has 108 valence electrons. The van der Waals surface area contributed by atoms with E-state index >= 15 is 0 Å². The topological polar surface area (TPSA) is 9.23 Å². The summed E-state index contributed by atoms with van der Waals surface area (Å²) in [6.45, 7) is 9.87. The van der Waals surface area contributed by atoms with Gasteiger partial charge in [-0.3, -0.25) is 0 Å². The van der Waals surface area contributed by atoms with Crippen molar-refractivity contribution < 1.29 is 4.43 Å². The zero-order valence-electron chi connectivity index (χ0n) is 13.1. The smallest absolute Gasteiger partial charge is 0.170 e. The van der Waals surface area contributed by atoms with Crippen LogP contribution in [0.15, 0.2) is 48.6 Å². The molecule has 0 radical (unpaired) electrons. The van der Waals surface area contributed by atoms with E-state index in [1.807, 2.05) is 0 Å². The molecule has 0 aromatic heterocycles. The molecule has 0 N–H and O–H groups in total. The summed E-state index contributed by atoms with van der Waals surface area (Å²) in [4.78, 5) is 0. The summed E-state index contributed by atoms with van der Waals surface area (Å²) < 4.78 is 5.96. The number of hydrogen-bond donors (Lipinski definition) is 0. The van der Waals surface area contributed by atoms with Crippen LogP contribution in [-0.2, 0) is 9.84 Å². The van der Waals surface area contributed by atoms with Crippen LogP contribution in [0.1, 0.15) is 24.5 Å². The van der Waals surface area contributed by atoms with Crippen molar-refractivity contribution in [3.63, 3.8) is 0 Å². The maximum atomic E-state index is 5.96. The van der Waals surface area contributed by atoms with Crippen LogP contribution in [0.25, 0.3) is 0 Å². The highest BCUT2D eigenvalue weighted by Crippen LogP contribution is 2.41. The monoisotopic (exact) mass is 286 g/mol. The van der Waals surface area contributed by atoms with Crippen LogP contribution < -0.4 is 0 Å². The Morgan fingerprint density at radius 3 is 2.60 bits per heavy atom. The van der Waals surface area contributed by atoms with Gasteiger partial charge in [-0.25, -0.2) is 0 Å². The quantitative estimate of drug-likeness (QED) is 0.730. The summed E-state index contributed by atoms with van der Waals surface area (Å²) in [6, 6.07) is 8.77. The van der Waals surface area contributed by atoms with E-state index in [0.29, 0.717) is 5.92 Å². The zero-order chi connectivity index (χ0) is 14.6. The van der Waals surface area contributed by atoms with Crippen LogP contribution in [0.5, 0.6) is 0 Å². The lowest BCUT2D eigenvalue weighted by Gasteiger charge is -2.39. The molecule has 0 spiro atoms. The Morgan fingerprint density at radius 2 is 1.95 bits per heavy atom. The minimum Gasteiger partial charge on any atom is -0.421 e. The number of hydrogen-bond acceptors (Lipinski definition) is 1. The number of allylic oxidation sites excluding steroid dienone is 4. The van der Waals surface area contributed by atoms with E-state index in [1.165, 1.54) is 11.1 Å². The molecule has 0 fully saturated rings. The molecule has 0 aliphatic heterocycles. The molecular formula is C18H26OSi. The third kappa shape index (κ3) is 3.13. The summed E-state index contributed by atoms with van der Waals surface area (Å²) in [6.07, 6.45) is 10.1. The fourth-order valence-electron chi connectivity index (χ4n) is 3.12. The molecule has 0 saturated heterocycles. The Bertz CT molecular complexity index is 504. The van der Waals surface area contributed by atoms with Gasteiger partial charge in [-0.2, -0.15) is 0 Å². The van der Waals surface area contributed by atoms with Gasteiger partial charge < -0.3 is 4.43 Å². The predicted octanol–water partition coefficient (Wildman–Crippen LogP) is 4.39. The van der Waals surface area contributed by atoms with E-state index in [1.54, 1.807) is 0 Å². The van der Waals surface area contributed by atoms with Crippen LogP contribution in [0, 0.1) is 12.8 Å². The molecule has 0 bridgehead atoms. The lowest BCUT2D eigenvalue weighted by atomic mass is 9.66. The van der Waals surface area contributed by atoms with Crippen LogP contribution in [0.3, 0.4) is 0 Å². The molecular weight excluding hydrogens is 260 g/mol. The normalized spacial score (nSPS) is 25.4. The van der Waals surface area contributed by atoms with Gasteiger partial charge in [0, 0.05) is 12.0 Å². The molecule has 1 aliphatic rings. The zero-order valence-corrected chi connectivity index (χ0v) is 14.3.